The standard InChI is InChI=1S/C13H9NO3S2/c15-9-4-3-5-10(8-9)18-13-11-6-1-2-7-12(11)19(16,17)14-13/h1-8,15H. The van der Waals surface area contributed by atoms with Crippen molar-refractivity contribution in [1.82, 2.24) is 0 Å². The van der Waals surface area contributed by atoms with Gasteiger partial charge in [0.05, 0.1) is 4.90 Å². The van der Waals surface area contributed by atoms with E-state index in [0.717, 1.165) is 4.90 Å². The average molecular weight is 291 g/mol. The van der Waals surface area contributed by atoms with Gasteiger partial charge in [-0.05, 0) is 24.3 Å². The van der Waals surface area contributed by atoms with Gasteiger partial charge in [0, 0.05) is 10.5 Å². The van der Waals surface area contributed by atoms with Gasteiger partial charge in [0.25, 0.3) is 10.0 Å². The van der Waals surface area contributed by atoms with Crippen LogP contribution in [0.1, 0.15) is 5.56 Å². The maximum atomic E-state index is 11.9. The molecule has 0 aromatic heterocycles. The predicted octanol–water partition coefficient (Wildman–Crippen LogP) is 2.63. The van der Waals surface area contributed by atoms with Gasteiger partial charge in [0.1, 0.15) is 10.8 Å². The van der Waals surface area contributed by atoms with Crippen molar-refractivity contribution < 1.29 is 13.5 Å². The molecule has 0 saturated heterocycles. The molecule has 0 bridgehead atoms. The monoisotopic (exact) mass is 291 g/mol. The highest BCUT2D eigenvalue weighted by Gasteiger charge is 2.28. The number of thioether (sulfide) groups is 1. The van der Waals surface area contributed by atoms with Crippen LogP contribution >= 0.6 is 11.8 Å². The third kappa shape index (κ3) is 2.24. The third-order valence-corrected chi connectivity index (χ3v) is 5.08. The number of hydrogen-bond donors (Lipinski definition) is 1. The van der Waals surface area contributed by atoms with Gasteiger partial charge in [-0.15, -0.1) is 0 Å². The zero-order valence-corrected chi connectivity index (χ0v) is 11.3. The van der Waals surface area contributed by atoms with E-state index >= 15 is 0 Å². The van der Waals surface area contributed by atoms with E-state index in [2.05, 4.69) is 4.40 Å². The SMILES string of the molecule is O=S1(=O)N=C(Sc2cccc(O)c2)c2ccccc21. The Kier molecular flexibility index (Phi) is 2.83. The topological polar surface area (TPSA) is 66.7 Å². The Morgan fingerprint density at radius 2 is 1.84 bits per heavy atom. The summed E-state index contributed by atoms with van der Waals surface area (Å²) in [6.07, 6.45) is 0. The Hall–Kier alpha value is -1.79. The summed E-state index contributed by atoms with van der Waals surface area (Å²) in [4.78, 5) is 0.975. The minimum Gasteiger partial charge on any atom is -0.508 e. The number of fused-ring (bicyclic) bond motifs is 1. The molecule has 1 aliphatic heterocycles. The molecule has 6 heteroatoms. The largest absolute Gasteiger partial charge is 0.508 e. The van der Waals surface area contributed by atoms with Gasteiger partial charge in [-0.1, -0.05) is 36.0 Å². The van der Waals surface area contributed by atoms with Crippen molar-refractivity contribution in [3.8, 4) is 5.75 Å². The molecule has 96 valence electrons. The van der Waals surface area contributed by atoms with Gasteiger partial charge in [-0.2, -0.15) is 12.8 Å². The summed E-state index contributed by atoms with van der Waals surface area (Å²) in [5.74, 6) is 0.139. The van der Waals surface area contributed by atoms with Crippen molar-refractivity contribution in [2.45, 2.75) is 9.79 Å². The van der Waals surface area contributed by atoms with Crippen LogP contribution in [0.5, 0.6) is 5.75 Å². The number of rotatable bonds is 1. The molecule has 0 saturated carbocycles. The summed E-state index contributed by atoms with van der Waals surface area (Å²) >= 11 is 1.22. The molecule has 0 amide bonds. The number of aromatic hydroxyl groups is 1. The molecular weight excluding hydrogens is 282 g/mol. The van der Waals surface area contributed by atoms with Crippen LogP contribution in [-0.4, -0.2) is 18.6 Å². The first kappa shape index (κ1) is 12.3. The molecule has 0 fully saturated rings. The van der Waals surface area contributed by atoms with Crippen LogP contribution in [0.15, 0.2) is 62.7 Å². The molecule has 1 N–H and O–H groups in total. The lowest BCUT2D eigenvalue weighted by Gasteiger charge is -2.02. The van der Waals surface area contributed by atoms with Gasteiger partial charge in [0.15, 0.2) is 0 Å². The number of nitrogens with zero attached hydrogens (tertiary/aromatic N) is 1. The highest BCUT2D eigenvalue weighted by Crippen LogP contribution is 2.34. The fraction of sp³-hybridized carbons (Fsp3) is 0. The molecule has 0 radical (unpaired) electrons. The quantitative estimate of drug-likeness (QED) is 0.877. The van der Waals surface area contributed by atoms with E-state index < -0.39 is 10.0 Å². The highest BCUT2D eigenvalue weighted by atomic mass is 32.2. The van der Waals surface area contributed by atoms with Gasteiger partial charge in [-0.3, -0.25) is 0 Å². The number of sulfonamides is 1. The Morgan fingerprint density at radius 3 is 2.63 bits per heavy atom. The Bertz CT molecular complexity index is 782. The lowest BCUT2D eigenvalue weighted by molar-refractivity contribution is 0.474. The zero-order valence-electron chi connectivity index (χ0n) is 9.65. The van der Waals surface area contributed by atoms with Crippen LogP contribution in [0.3, 0.4) is 0 Å². The zero-order chi connectivity index (χ0) is 13.5. The van der Waals surface area contributed by atoms with Gasteiger partial charge in [0.2, 0.25) is 0 Å². The maximum absolute atomic E-state index is 11.9. The molecule has 1 heterocycles. The third-order valence-electron chi connectivity index (χ3n) is 2.63. The molecule has 3 rings (SSSR count). The molecule has 1 aliphatic rings. The Balaban J connectivity index is 2.04. The molecule has 2 aromatic rings. The normalized spacial score (nSPS) is 15.9. The lowest BCUT2D eigenvalue weighted by atomic mass is 10.2. The van der Waals surface area contributed by atoms with Gasteiger partial charge >= 0.3 is 0 Å². The molecule has 0 spiro atoms. The van der Waals surface area contributed by atoms with E-state index in [9.17, 15) is 13.5 Å². The molecule has 4 nitrogen and oxygen atoms in total. The molecule has 2 aromatic carbocycles. The fourth-order valence-electron chi connectivity index (χ4n) is 1.81. The Labute approximate surface area is 114 Å². The summed E-state index contributed by atoms with van der Waals surface area (Å²) in [6.45, 7) is 0. The maximum Gasteiger partial charge on any atom is 0.284 e. The number of phenols is 1. The van der Waals surface area contributed by atoms with Crippen molar-refractivity contribution in [2.75, 3.05) is 0 Å². The van der Waals surface area contributed by atoms with Crippen LogP contribution in [0.25, 0.3) is 0 Å². The minimum absolute atomic E-state index is 0.139. The summed E-state index contributed by atoms with van der Waals surface area (Å²) < 4.78 is 27.5. The van der Waals surface area contributed by atoms with E-state index in [4.69, 9.17) is 0 Å². The highest BCUT2D eigenvalue weighted by molar-refractivity contribution is 8.15. The van der Waals surface area contributed by atoms with Crippen molar-refractivity contribution >= 4 is 26.8 Å². The van der Waals surface area contributed by atoms with Crippen LogP contribution < -0.4 is 0 Å². The molecule has 0 atom stereocenters. The second-order valence-corrected chi connectivity index (χ2v) is 6.60. The first-order valence-electron chi connectivity index (χ1n) is 5.47. The van der Waals surface area contributed by atoms with E-state index in [0.29, 0.717) is 10.6 Å². The van der Waals surface area contributed by atoms with Crippen LogP contribution in [0.2, 0.25) is 0 Å². The summed E-state index contributed by atoms with van der Waals surface area (Å²) in [5.41, 5.74) is 0.607. The van der Waals surface area contributed by atoms with Crippen molar-refractivity contribution in [1.29, 1.82) is 0 Å². The van der Waals surface area contributed by atoms with Crippen LogP contribution in [0, 0.1) is 0 Å². The number of hydrogen-bond acceptors (Lipinski definition) is 4. The fourth-order valence-corrected chi connectivity index (χ4v) is 4.26. The van der Waals surface area contributed by atoms with E-state index in [-0.39, 0.29) is 10.6 Å². The molecule has 0 unspecified atom stereocenters. The second-order valence-electron chi connectivity index (χ2n) is 3.97. The van der Waals surface area contributed by atoms with Crippen molar-refractivity contribution in [3.63, 3.8) is 0 Å². The average Bonchev–Trinajstić information content (AvgIpc) is 2.62. The first-order valence-corrected chi connectivity index (χ1v) is 7.73. The van der Waals surface area contributed by atoms with Crippen molar-refractivity contribution in [2.24, 2.45) is 4.40 Å². The number of phenolic OH excluding ortho intramolecular Hbond substituents is 1. The van der Waals surface area contributed by atoms with Gasteiger partial charge < -0.3 is 5.11 Å². The summed E-state index contributed by atoms with van der Waals surface area (Å²) in [5, 5.41) is 9.85. The second kappa shape index (κ2) is 4.40. The van der Waals surface area contributed by atoms with E-state index in [1.165, 1.54) is 11.8 Å². The molecule has 19 heavy (non-hydrogen) atoms. The Morgan fingerprint density at radius 1 is 1.05 bits per heavy atom. The molecular formula is C13H9NO3S2. The van der Waals surface area contributed by atoms with E-state index in [1.807, 2.05) is 0 Å². The summed E-state index contributed by atoms with van der Waals surface area (Å²) in [7, 11) is -3.58. The predicted molar refractivity (Wildman–Crippen MR) is 74.1 cm³/mol. The lowest BCUT2D eigenvalue weighted by Crippen LogP contribution is -1.93. The minimum atomic E-state index is -3.58. The number of benzene rings is 2. The van der Waals surface area contributed by atoms with Crippen LogP contribution in [0.4, 0.5) is 0 Å². The van der Waals surface area contributed by atoms with Crippen molar-refractivity contribution in [3.05, 3.63) is 54.1 Å². The van der Waals surface area contributed by atoms with Gasteiger partial charge in [-0.25, -0.2) is 0 Å². The first-order chi connectivity index (χ1) is 9.06. The van der Waals surface area contributed by atoms with E-state index in [1.54, 1.807) is 48.5 Å². The summed E-state index contributed by atoms with van der Waals surface area (Å²) in [6, 6.07) is 13.4. The smallest absolute Gasteiger partial charge is 0.284 e. The molecule has 0 aliphatic carbocycles. The van der Waals surface area contributed by atoms with Crippen LogP contribution in [-0.2, 0) is 10.0 Å².